The molecule has 3 heteroatoms. The number of carbonyl (C=O) groups is 1. The van der Waals surface area contributed by atoms with Crippen LogP contribution in [0.15, 0.2) is 54.7 Å². The Balaban J connectivity index is 1.90. The normalized spacial score (nSPS) is 10.6. The van der Waals surface area contributed by atoms with Gasteiger partial charge in [-0.3, -0.25) is 4.79 Å². The first-order valence-electron chi connectivity index (χ1n) is 6.78. The van der Waals surface area contributed by atoms with E-state index in [-0.39, 0.29) is 5.78 Å². The Bertz CT molecular complexity index is 770. The van der Waals surface area contributed by atoms with Crippen molar-refractivity contribution in [2.45, 2.75) is 13.8 Å². The summed E-state index contributed by atoms with van der Waals surface area (Å²) < 4.78 is 0. The fourth-order valence-electron chi connectivity index (χ4n) is 2.11. The number of rotatable bonds is 3. The lowest BCUT2D eigenvalue weighted by Crippen LogP contribution is -1.90. The summed E-state index contributed by atoms with van der Waals surface area (Å²) >= 11 is 1.66. The number of carbonyl (C=O) groups excluding carboxylic acids is 1. The molecule has 0 atom stereocenters. The predicted molar refractivity (Wildman–Crippen MR) is 87.7 cm³/mol. The van der Waals surface area contributed by atoms with Crippen LogP contribution in [0, 0.1) is 6.92 Å². The molecule has 0 saturated carbocycles. The number of hydrogen-bond acceptors (Lipinski definition) is 3. The van der Waals surface area contributed by atoms with Gasteiger partial charge in [-0.25, -0.2) is 4.98 Å². The lowest BCUT2D eigenvalue weighted by molar-refractivity contribution is 0.101. The minimum absolute atomic E-state index is 0.0843. The standard InChI is InChI=1S/C18H15NOS/c1-12-3-5-15(6-4-12)17-11-19-18(21-17)16-9-7-14(8-10-16)13(2)20/h3-11H,1-2H3. The number of aromatic nitrogens is 1. The molecule has 0 aliphatic heterocycles. The predicted octanol–water partition coefficient (Wildman–Crippen LogP) is 4.99. The highest BCUT2D eigenvalue weighted by atomic mass is 32.1. The van der Waals surface area contributed by atoms with Crippen molar-refractivity contribution in [1.82, 2.24) is 4.98 Å². The van der Waals surface area contributed by atoms with Gasteiger partial charge in [0.2, 0.25) is 0 Å². The van der Waals surface area contributed by atoms with Crippen LogP contribution in [-0.2, 0) is 0 Å². The van der Waals surface area contributed by atoms with Crippen LogP contribution in [0.5, 0.6) is 0 Å². The van der Waals surface area contributed by atoms with Crippen LogP contribution in [0.25, 0.3) is 21.0 Å². The van der Waals surface area contributed by atoms with Crippen LogP contribution < -0.4 is 0 Å². The van der Waals surface area contributed by atoms with E-state index in [0.717, 1.165) is 21.0 Å². The summed E-state index contributed by atoms with van der Waals surface area (Å²) in [6.45, 7) is 3.66. The van der Waals surface area contributed by atoms with E-state index in [0.29, 0.717) is 0 Å². The fourth-order valence-corrected chi connectivity index (χ4v) is 3.03. The van der Waals surface area contributed by atoms with E-state index in [1.807, 2.05) is 30.5 Å². The Morgan fingerprint density at radius 2 is 1.57 bits per heavy atom. The van der Waals surface area contributed by atoms with Gasteiger partial charge >= 0.3 is 0 Å². The molecule has 0 unspecified atom stereocenters. The van der Waals surface area contributed by atoms with Crippen molar-refractivity contribution in [3.63, 3.8) is 0 Å². The molecule has 0 amide bonds. The molecule has 0 aliphatic rings. The van der Waals surface area contributed by atoms with Gasteiger partial charge in [0, 0.05) is 17.3 Å². The average molecular weight is 293 g/mol. The molecular formula is C18H15NOS. The number of hydrogen-bond donors (Lipinski definition) is 0. The van der Waals surface area contributed by atoms with Crippen molar-refractivity contribution in [1.29, 1.82) is 0 Å². The third kappa shape index (κ3) is 2.93. The third-order valence-corrected chi connectivity index (χ3v) is 4.48. The molecular weight excluding hydrogens is 278 g/mol. The summed E-state index contributed by atoms with van der Waals surface area (Å²) in [7, 11) is 0. The lowest BCUT2D eigenvalue weighted by atomic mass is 10.1. The van der Waals surface area contributed by atoms with Crippen LogP contribution >= 0.6 is 11.3 Å². The number of benzene rings is 2. The van der Waals surface area contributed by atoms with Gasteiger partial charge in [-0.2, -0.15) is 0 Å². The first kappa shape index (κ1) is 13.7. The number of ketones is 1. The van der Waals surface area contributed by atoms with E-state index in [1.165, 1.54) is 11.1 Å². The molecule has 1 aromatic heterocycles. The van der Waals surface area contributed by atoms with Gasteiger partial charge < -0.3 is 0 Å². The maximum Gasteiger partial charge on any atom is 0.159 e. The highest BCUT2D eigenvalue weighted by Crippen LogP contribution is 2.32. The van der Waals surface area contributed by atoms with Crippen molar-refractivity contribution in [3.8, 4) is 21.0 Å². The van der Waals surface area contributed by atoms with Gasteiger partial charge in [-0.1, -0.05) is 54.1 Å². The Morgan fingerprint density at radius 3 is 2.19 bits per heavy atom. The van der Waals surface area contributed by atoms with Crippen molar-refractivity contribution in [2.24, 2.45) is 0 Å². The molecule has 0 radical (unpaired) electrons. The third-order valence-electron chi connectivity index (χ3n) is 3.38. The van der Waals surface area contributed by atoms with E-state index >= 15 is 0 Å². The summed E-state index contributed by atoms with van der Waals surface area (Å²) in [6, 6.07) is 16.1. The Labute approximate surface area is 128 Å². The minimum Gasteiger partial charge on any atom is -0.295 e. The second-order valence-electron chi connectivity index (χ2n) is 5.03. The first-order chi connectivity index (χ1) is 10.1. The molecule has 1 heterocycles. The molecule has 0 bridgehead atoms. The van der Waals surface area contributed by atoms with E-state index in [2.05, 4.69) is 36.2 Å². The molecule has 0 spiro atoms. The summed E-state index contributed by atoms with van der Waals surface area (Å²) in [5, 5.41) is 0.973. The molecule has 0 fully saturated rings. The fraction of sp³-hybridized carbons (Fsp3) is 0.111. The van der Waals surface area contributed by atoms with Crippen LogP contribution in [0.4, 0.5) is 0 Å². The van der Waals surface area contributed by atoms with Crippen LogP contribution in [0.1, 0.15) is 22.8 Å². The van der Waals surface area contributed by atoms with E-state index < -0.39 is 0 Å². The first-order valence-corrected chi connectivity index (χ1v) is 7.59. The maximum absolute atomic E-state index is 11.3. The lowest BCUT2D eigenvalue weighted by Gasteiger charge is -1.99. The maximum atomic E-state index is 11.3. The highest BCUT2D eigenvalue weighted by Gasteiger charge is 2.07. The van der Waals surface area contributed by atoms with Crippen molar-refractivity contribution >= 4 is 17.1 Å². The van der Waals surface area contributed by atoms with Crippen LogP contribution in [0.2, 0.25) is 0 Å². The van der Waals surface area contributed by atoms with E-state index in [9.17, 15) is 4.79 Å². The molecule has 2 aromatic carbocycles. The topological polar surface area (TPSA) is 30.0 Å². The van der Waals surface area contributed by atoms with Crippen LogP contribution in [0.3, 0.4) is 0 Å². The summed E-state index contributed by atoms with van der Waals surface area (Å²) in [4.78, 5) is 16.9. The largest absolute Gasteiger partial charge is 0.295 e. The van der Waals surface area contributed by atoms with Gasteiger partial charge in [-0.15, -0.1) is 11.3 Å². The average Bonchev–Trinajstić information content (AvgIpc) is 2.98. The second kappa shape index (κ2) is 5.62. The zero-order valence-electron chi connectivity index (χ0n) is 12.0. The molecule has 0 N–H and O–H groups in total. The van der Waals surface area contributed by atoms with Gasteiger partial charge in [-0.05, 0) is 19.4 Å². The number of Topliss-reactive ketones (excluding diaryl/α,β-unsaturated/α-hetero) is 1. The second-order valence-corrected chi connectivity index (χ2v) is 6.06. The summed E-state index contributed by atoms with van der Waals surface area (Å²) in [6.07, 6.45) is 1.91. The monoisotopic (exact) mass is 293 g/mol. The summed E-state index contributed by atoms with van der Waals surface area (Å²) in [5.74, 6) is 0.0843. The Morgan fingerprint density at radius 1 is 0.952 bits per heavy atom. The van der Waals surface area contributed by atoms with Gasteiger partial charge in [0.1, 0.15) is 5.01 Å². The highest BCUT2D eigenvalue weighted by molar-refractivity contribution is 7.18. The number of nitrogens with zero attached hydrogens (tertiary/aromatic N) is 1. The molecule has 21 heavy (non-hydrogen) atoms. The molecule has 0 saturated heterocycles. The Hall–Kier alpha value is -2.26. The molecule has 104 valence electrons. The molecule has 3 rings (SSSR count). The van der Waals surface area contributed by atoms with Gasteiger partial charge in [0.25, 0.3) is 0 Å². The van der Waals surface area contributed by atoms with Crippen LogP contribution in [-0.4, -0.2) is 10.8 Å². The van der Waals surface area contributed by atoms with Crippen molar-refractivity contribution in [3.05, 3.63) is 65.9 Å². The minimum atomic E-state index is 0.0843. The Kier molecular flexibility index (Phi) is 3.67. The zero-order valence-corrected chi connectivity index (χ0v) is 12.8. The van der Waals surface area contributed by atoms with Crippen molar-refractivity contribution in [2.75, 3.05) is 0 Å². The molecule has 3 aromatic rings. The number of thiazole rings is 1. The van der Waals surface area contributed by atoms with E-state index in [1.54, 1.807) is 18.3 Å². The van der Waals surface area contributed by atoms with Crippen molar-refractivity contribution < 1.29 is 4.79 Å². The van der Waals surface area contributed by atoms with Gasteiger partial charge in [0.05, 0.1) is 4.88 Å². The summed E-state index contributed by atoms with van der Waals surface area (Å²) in [5.41, 5.74) is 4.21. The molecule has 0 aliphatic carbocycles. The smallest absolute Gasteiger partial charge is 0.159 e. The quantitative estimate of drug-likeness (QED) is 0.637. The zero-order chi connectivity index (χ0) is 14.8. The van der Waals surface area contributed by atoms with Gasteiger partial charge in [0.15, 0.2) is 5.78 Å². The number of aryl methyl sites for hydroxylation is 1. The van der Waals surface area contributed by atoms with E-state index in [4.69, 9.17) is 0 Å². The SMILES string of the molecule is CC(=O)c1ccc(-c2ncc(-c3ccc(C)cc3)s2)cc1. The molecule has 2 nitrogen and oxygen atoms in total.